The average molecular weight is 110 g/mol. The summed E-state index contributed by atoms with van der Waals surface area (Å²) < 4.78 is 9.79. The van der Waals surface area contributed by atoms with Crippen molar-refractivity contribution in [2.45, 2.75) is 0 Å². The predicted octanol–water partition coefficient (Wildman–Crippen LogP) is -0.953. The second-order valence-corrected chi connectivity index (χ2v) is 2.81. The third kappa shape index (κ3) is 4.11. The van der Waals surface area contributed by atoms with E-state index in [4.69, 9.17) is 4.89 Å². The minimum Gasteiger partial charge on any atom is -0.333 e. The Morgan fingerprint density at radius 1 is 1.83 bits per heavy atom. The van der Waals surface area contributed by atoms with Crippen LogP contribution in [-0.4, -0.2) is 11.2 Å². The Bertz CT molecular complexity index is 75.6. The van der Waals surface area contributed by atoms with E-state index in [1.165, 1.54) is 0 Å². The highest BCUT2D eigenvalue weighted by molar-refractivity contribution is 7.55. The van der Waals surface area contributed by atoms with Crippen LogP contribution in [0.2, 0.25) is 0 Å². The number of nitrogens with two attached hydrogens (primary N) is 2. The zero-order valence-corrected chi connectivity index (χ0v) is 4.06. The van der Waals surface area contributed by atoms with E-state index < -0.39 is 7.52 Å². The summed E-state index contributed by atoms with van der Waals surface area (Å²) in [5.41, 5.74) is 9.19. The minimum absolute atomic E-state index is 0.340. The highest BCUT2D eigenvalue weighted by atomic mass is 31.2. The van der Waals surface area contributed by atoms with Crippen molar-refractivity contribution in [1.82, 2.24) is 0 Å². The summed E-state index contributed by atoms with van der Waals surface area (Å²) in [7, 11) is -3.37. The third-order valence-corrected chi connectivity index (χ3v) is 0.785. The van der Waals surface area contributed by atoms with Gasteiger partial charge in [-0.15, -0.1) is 0 Å². The first-order chi connectivity index (χ1) is 2.56. The predicted molar refractivity (Wildman–Crippen MR) is 23.1 cm³/mol. The lowest BCUT2D eigenvalue weighted by Gasteiger charge is -1.94. The zero-order chi connectivity index (χ0) is 5.21. The van der Waals surface area contributed by atoms with Crippen LogP contribution in [0.1, 0.15) is 0 Å². The van der Waals surface area contributed by atoms with Gasteiger partial charge in [0.2, 0.25) is 0 Å². The molecule has 0 aliphatic rings. The van der Waals surface area contributed by atoms with Gasteiger partial charge >= 0.3 is 0 Å². The van der Waals surface area contributed by atoms with Crippen LogP contribution in [0, 0.1) is 0 Å². The van der Waals surface area contributed by atoms with E-state index in [0.717, 1.165) is 0 Å². The molecule has 1 unspecified atom stereocenters. The number of hydrogen-bond donors (Lipinski definition) is 3. The van der Waals surface area contributed by atoms with Gasteiger partial charge in [-0.1, -0.05) is 0 Å². The van der Waals surface area contributed by atoms with Crippen molar-refractivity contribution in [3.05, 3.63) is 0 Å². The van der Waals surface area contributed by atoms with Crippen LogP contribution in [0.25, 0.3) is 0 Å². The van der Waals surface area contributed by atoms with E-state index in [2.05, 4.69) is 11.2 Å². The molecule has 0 bridgehead atoms. The summed E-state index contributed by atoms with van der Waals surface area (Å²) in [5.74, 6) is 0. The largest absolute Gasteiger partial charge is 0.333 e. The maximum atomic E-state index is 9.79. The molecule has 0 aliphatic carbocycles. The molecule has 0 saturated carbocycles. The van der Waals surface area contributed by atoms with Crippen LogP contribution in [0.5, 0.6) is 0 Å². The Morgan fingerprint density at radius 3 is 2.00 bits per heavy atom. The van der Waals surface area contributed by atoms with Crippen molar-refractivity contribution >= 4 is 7.52 Å². The molecule has 0 amide bonds. The Hall–Kier alpha value is 0.110. The Kier molecular flexibility index (Phi) is 1.74. The average Bonchev–Trinajstić information content (AvgIpc) is 1.35. The lowest BCUT2D eigenvalue weighted by atomic mass is 11.6. The summed E-state index contributed by atoms with van der Waals surface area (Å²) in [6.07, 6.45) is -0.340. The summed E-state index contributed by atoms with van der Waals surface area (Å²) in [4.78, 5) is 8.03. The van der Waals surface area contributed by atoms with E-state index in [9.17, 15) is 4.57 Å². The van der Waals surface area contributed by atoms with Gasteiger partial charge < -0.3 is 10.6 Å². The van der Waals surface area contributed by atoms with Gasteiger partial charge in [-0.25, -0.2) is 0 Å². The molecule has 0 saturated heterocycles. The SMILES string of the molecule is NCP(N)(=O)O. The second kappa shape index (κ2) is 1.71. The first kappa shape index (κ1) is 6.11. The molecule has 0 spiro atoms. The molecule has 0 radical (unpaired) electrons. The smallest absolute Gasteiger partial charge is 0.277 e. The number of hydrogen-bond acceptors (Lipinski definition) is 2. The van der Waals surface area contributed by atoms with E-state index >= 15 is 0 Å². The van der Waals surface area contributed by atoms with Gasteiger partial charge in [0.1, 0.15) is 0 Å². The van der Waals surface area contributed by atoms with Crippen molar-refractivity contribution in [3.63, 3.8) is 0 Å². The van der Waals surface area contributed by atoms with Gasteiger partial charge in [-0.05, 0) is 0 Å². The first-order valence-electron chi connectivity index (χ1n) is 1.37. The molecule has 1 atom stereocenters. The molecule has 6 heavy (non-hydrogen) atoms. The lowest BCUT2D eigenvalue weighted by molar-refractivity contribution is 0.480. The topological polar surface area (TPSA) is 89.3 Å². The molecule has 0 aromatic heterocycles. The van der Waals surface area contributed by atoms with Gasteiger partial charge in [0, 0.05) is 0 Å². The zero-order valence-electron chi connectivity index (χ0n) is 3.16. The van der Waals surface area contributed by atoms with Crippen LogP contribution >= 0.6 is 7.52 Å². The van der Waals surface area contributed by atoms with Gasteiger partial charge in [-0.3, -0.25) is 10.1 Å². The van der Waals surface area contributed by atoms with E-state index in [1.54, 1.807) is 0 Å². The molecule has 38 valence electrons. The Balaban J connectivity index is 3.48. The van der Waals surface area contributed by atoms with Crippen molar-refractivity contribution in [3.8, 4) is 0 Å². The van der Waals surface area contributed by atoms with Gasteiger partial charge in [0.05, 0.1) is 6.29 Å². The van der Waals surface area contributed by atoms with Crippen molar-refractivity contribution < 1.29 is 9.46 Å². The van der Waals surface area contributed by atoms with Crippen molar-refractivity contribution in [2.75, 3.05) is 6.29 Å². The standard InChI is InChI=1S/CH7N2O2P/c2-1-6(3,4)5/h1-2H2,(H3,3,4,5). The van der Waals surface area contributed by atoms with Crippen LogP contribution in [0.4, 0.5) is 0 Å². The van der Waals surface area contributed by atoms with Crippen molar-refractivity contribution in [2.24, 2.45) is 11.2 Å². The molecule has 5 heteroatoms. The Morgan fingerprint density at radius 2 is 2.00 bits per heavy atom. The van der Waals surface area contributed by atoms with Crippen LogP contribution in [-0.2, 0) is 4.57 Å². The van der Waals surface area contributed by atoms with Gasteiger partial charge in [0.25, 0.3) is 7.52 Å². The molecule has 5 N–H and O–H groups in total. The molecular weight excluding hydrogens is 103 g/mol. The second-order valence-electron chi connectivity index (χ2n) is 0.938. The quantitative estimate of drug-likeness (QED) is 0.379. The molecule has 0 fully saturated rings. The third-order valence-electron chi connectivity index (χ3n) is 0.262. The van der Waals surface area contributed by atoms with Crippen molar-refractivity contribution in [1.29, 1.82) is 0 Å². The highest BCUT2D eigenvalue weighted by Gasteiger charge is 2.02. The summed E-state index contributed by atoms with van der Waals surface area (Å²) in [5, 5.41) is 0. The summed E-state index contributed by atoms with van der Waals surface area (Å²) in [6, 6.07) is 0. The number of rotatable bonds is 1. The molecule has 0 aromatic carbocycles. The fraction of sp³-hybridized carbons (Fsp3) is 1.00. The normalized spacial score (nSPS) is 19.8. The molecule has 0 heterocycles. The lowest BCUT2D eigenvalue weighted by Crippen LogP contribution is -2.05. The van der Waals surface area contributed by atoms with E-state index in [0.29, 0.717) is 0 Å². The van der Waals surface area contributed by atoms with Gasteiger partial charge in [-0.2, -0.15) is 0 Å². The molecular formula is CH7N2O2P. The maximum Gasteiger partial charge on any atom is 0.277 e. The molecule has 0 rings (SSSR count). The molecule has 4 nitrogen and oxygen atoms in total. The fourth-order valence-electron chi connectivity index (χ4n) is 0. The first-order valence-corrected chi connectivity index (χ1v) is 3.28. The summed E-state index contributed by atoms with van der Waals surface area (Å²) in [6.45, 7) is 0. The summed E-state index contributed by atoms with van der Waals surface area (Å²) >= 11 is 0. The van der Waals surface area contributed by atoms with E-state index in [1.807, 2.05) is 0 Å². The monoisotopic (exact) mass is 110 g/mol. The Labute approximate surface area is 35.6 Å². The maximum absolute atomic E-state index is 9.79. The van der Waals surface area contributed by atoms with Crippen LogP contribution < -0.4 is 11.2 Å². The molecule has 0 aliphatic heterocycles. The van der Waals surface area contributed by atoms with Crippen LogP contribution in [0.3, 0.4) is 0 Å². The fourth-order valence-corrected chi connectivity index (χ4v) is 0. The van der Waals surface area contributed by atoms with Crippen LogP contribution in [0.15, 0.2) is 0 Å². The van der Waals surface area contributed by atoms with Gasteiger partial charge in [0.15, 0.2) is 0 Å². The molecule has 0 aromatic rings. The minimum atomic E-state index is -3.37. The highest BCUT2D eigenvalue weighted by Crippen LogP contribution is 2.24. The van der Waals surface area contributed by atoms with E-state index in [-0.39, 0.29) is 6.29 Å².